The fraction of sp³-hybridized carbons (Fsp3) is 0.136. The summed E-state index contributed by atoms with van der Waals surface area (Å²) in [5, 5.41) is 1.18. The molecule has 4 aromatic rings. The van der Waals surface area contributed by atoms with Gasteiger partial charge in [0, 0.05) is 17.3 Å². The van der Waals surface area contributed by atoms with E-state index < -0.39 is 0 Å². The van der Waals surface area contributed by atoms with E-state index in [1.165, 1.54) is 11.3 Å². The Hall–Kier alpha value is -3.16. The number of benzene rings is 2. The molecule has 0 spiro atoms. The number of carbonyl (C=O) groups excluding carboxylic acids is 1. The molecule has 8 heteroatoms. The Kier molecular flexibility index (Phi) is 6.11. The highest BCUT2D eigenvalue weighted by Gasteiger charge is 2.21. The summed E-state index contributed by atoms with van der Waals surface area (Å²) in [5.41, 5.74) is 1.53. The molecule has 0 bridgehead atoms. The Balaban J connectivity index is 1.60. The van der Waals surface area contributed by atoms with Crippen LogP contribution in [0.5, 0.6) is 11.5 Å². The molecule has 0 fully saturated rings. The number of rotatable bonds is 7. The number of amides is 1. The number of nitrogens with zero attached hydrogens (tertiary/aromatic N) is 3. The molecule has 1 amide bonds. The summed E-state index contributed by atoms with van der Waals surface area (Å²) >= 11 is 7.34. The molecule has 2 aromatic carbocycles. The third kappa shape index (κ3) is 4.69. The smallest absolute Gasteiger partial charge is 0.267 e. The fourth-order valence-corrected chi connectivity index (χ4v) is 3.90. The van der Waals surface area contributed by atoms with Crippen molar-refractivity contribution in [2.45, 2.75) is 6.54 Å². The van der Waals surface area contributed by atoms with Gasteiger partial charge >= 0.3 is 0 Å². The van der Waals surface area contributed by atoms with Crippen LogP contribution in [0, 0.1) is 0 Å². The molecule has 6 nitrogen and oxygen atoms in total. The lowest BCUT2D eigenvalue weighted by Gasteiger charge is -2.19. The van der Waals surface area contributed by atoms with Crippen LogP contribution in [0.15, 0.2) is 66.9 Å². The number of aromatic nitrogens is 2. The minimum atomic E-state index is -0.221. The average molecular weight is 440 g/mol. The van der Waals surface area contributed by atoms with E-state index >= 15 is 0 Å². The summed E-state index contributed by atoms with van der Waals surface area (Å²) in [6.07, 6.45) is 1.70. The van der Waals surface area contributed by atoms with Gasteiger partial charge in [-0.1, -0.05) is 29.0 Å². The Morgan fingerprint density at radius 3 is 2.63 bits per heavy atom. The van der Waals surface area contributed by atoms with Gasteiger partial charge in [0.05, 0.1) is 29.6 Å². The van der Waals surface area contributed by atoms with E-state index in [-0.39, 0.29) is 12.5 Å². The van der Waals surface area contributed by atoms with Crippen LogP contribution in [0.1, 0.15) is 5.69 Å². The maximum Gasteiger partial charge on any atom is 0.267 e. The van der Waals surface area contributed by atoms with E-state index in [9.17, 15) is 4.79 Å². The van der Waals surface area contributed by atoms with Gasteiger partial charge in [-0.3, -0.25) is 14.7 Å². The molecule has 0 aliphatic heterocycles. The van der Waals surface area contributed by atoms with Gasteiger partial charge in [-0.05, 0) is 48.5 Å². The number of halogens is 1. The number of ether oxygens (including phenoxy) is 2. The number of hydrogen-bond donors (Lipinski definition) is 0. The van der Waals surface area contributed by atoms with Gasteiger partial charge < -0.3 is 9.47 Å². The molecule has 0 aliphatic rings. The zero-order valence-corrected chi connectivity index (χ0v) is 17.7. The monoisotopic (exact) mass is 439 g/mol. The molecule has 0 N–H and O–H groups in total. The lowest BCUT2D eigenvalue weighted by atomic mass is 10.3. The summed E-state index contributed by atoms with van der Waals surface area (Å²) in [7, 11) is 1.61. The molecule has 30 heavy (non-hydrogen) atoms. The van der Waals surface area contributed by atoms with Crippen molar-refractivity contribution in [2.24, 2.45) is 0 Å². The lowest BCUT2D eigenvalue weighted by molar-refractivity contribution is -0.120. The summed E-state index contributed by atoms with van der Waals surface area (Å²) in [6.45, 7) is 0.161. The van der Waals surface area contributed by atoms with Crippen molar-refractivity contribution in [3.63, 3.8) is 0 Å². The van der Waals surface area contributed by atoms with Crippen LogP contribution in [-0.2, 0) is 11.3 Å². The van der Waals surface area contributed by atoms with Gasteiger partial charge in [0.2, 0.25) is 0 Å². The van der Waals surface area contributed by atoms with Crippen molar-refractivity contribution < 1.29 is 14.3 Å². The maximum absolute atomic E-state index is 13.1. The molecule has 2 heterocycles. The molecule has 0 unspecified atom stereocenters. The number of methoxy groups -OCH3 is 1. The predicted molar refractivity (Wildman–Crippen MR) is 119 cm³/mol. The number of carbonyl (C=O) groups is 1. The van der Waals surface area contributed by atoms with Crippen LogP contribution < -0.4 is 14.4 Å². The van der Waals surface area contributed by atoms with E-state index in [4.69, 9.17) is 21.1 Å². The third-order valence-electron chi connectivity index (χ3n) is 4.34. The van der Waals surface area contributed by atoms with Crippen LogP contribution >= 0.6 is 22.9 Å². The Labute approximate surface area is 182 Å². The van der Waals surface area contributed by atoms with Crippen LogP contribution in [0.2, 0.25) is 5.02 Å². The summed E-state index contributed by atoms with van der Waals surface area (Å²) < 4.78 is 11.9. The van der Waals surface area contributed by atoms with Crippen molar-refractivity contribution in [1.82, 2.24) is 9.97 Å². The molecular weight excluding hydrogens is 422 g/mol. The number of anilines is 1. The van der Waals surface area contributed by atoms with Crippen LogP contribution in [0.4, 0.5) is 5.13 Å². The van der Waals surface area contributed by atoms with Crippen molar-refractivity contribution in [3.8, 4) is 11.5 Å². The summed E-state index contributed by atoms with van der Waals surface area (Å²) in [4.78, 5) is 23.7. The highest BCUT2D eigenvalue weighted by Crippen LogP contribution is 2.32. The molecule has 152 valence electrons. The Bertz CT molecular complexity index is 1150. The van der Waals surface area contributed by atoms with Gasteiger partial charge in [-0.15, -0.1) is 0 Å². The molecule has 0 radical (unpaired) electrons. The van der Waals surface area contributed by atoms with Crippen LogP contribution in [0.25, 0.3) is 10.2 Å². The topological polar surface area (TPSA) is 64.5 Å². The first-order chi connectivity index (χ1) is 14.6. The number of pyridine rings is 1. The normalized spacial score (nSPS) is 10.7. The van der Waals surface area contributed by atoms with Gasteiger partial charge in [0.25, 0.3) is 5.91 Å². The fourth-order valence-electron chi connectivity index (χ4n) is 2.81. The standard InChI is InChI=1S/C22H18ClN3O3S/c1-28-18-9-10-20-19(12-18)25-22(30-20)26(13-16-4-2-3-11-24-16)21(27)14-29-17-7-5-15(23)6-8-17/h2-12H,13-14H2,1H3. The molecular formula is C22H18ClN3O3S. The first-order valence-electron chi connectivity index (χ1n) is 9.15. The molecule has 0 aliphatic carbocycles. The van der Waals surface area contributed by atoms with E-state index in [0.29, 0.717) is 28.2 Å². The second-order valence-electron chi connectivity index (χ2n) is 6.37. The Morgan fingerprint density at radius 1 is 1.10 bits per heavy atom. The zero-order chi connectivity index (χ0) is 20.9. The van der Waals surface area contributed by atoms with Crippen molar-refractivity contribution in [1.29, 1.82) is 0 Å². The predicted octanol–water partition coefficient (Wildman–Crippen LogP) is 4.97. The highest BCUT2D eigenvalue weighted by atomic mass is 35.5. The van der Waals surface area contributed by atoms with Gasteiger partial charge in [0.1, 0.15) is 11.5 Å². The minimum absolute atomic E-state index is 0.131. The molecule has 0 atom stereocenters. The van der Waals surface area contributed by atoms with Gasteiger partial charge in [-0.2, -0.15) is 0 Å². The first-order valence-corrected chi connectivity index (χ1v) is 10.3. The van der Waals surface area contributed by atoms with E-state index in [2.05, 4.69) is 9.97 Å². The van der Waals surface area contributed by atoms with Crippen LogP contribution in [0.3, 0.4) is 0 Å². The van der Waals surface area contributed by atoms with Crippen molar-refractivity contribution in [3.05, 3.63) is 77.6 Å². The molecule has 0 saturated heterocycles. The summed E-state index contributed by atoms with van der Waals surface area (Å²) in [6, 6.07) is 18.1. The number of hydrogen-bond acceptors (Lipinski definition) is 6. The number of thiazole rings is 1. The van der Waals surface area contributed by atoms with E-state index in [1.807, 2.05) is 36.4 Å². The average Bonchev–Trinajstić information content (AvgIpc) is 3.20. The van der Waals surface area contributed by atoms with Crippen molar-refractivity contribution >= 4 is 44.2 Å². The Morgan fingerprint density at radius 2 is 1.90 bits per heavy atom. The van der Waals surface area contributed by atoms with E-state index in [1.54, 1.807) is 42.5 Å². The third-order valence-corrected chi connectivity index (χ3v) is 5.65. The zero-order valence-electron chi connectivity index (χ0n) is 16.1. The van der Waals surface area contributed by atoms with Crippen molar-refractivity contribution in [2.75, 3.05) is 18.6 Å². The highest BCUT2D eigenvalue weighted by molar-refractivity contribution is 7.22. The van der Waals surface area contributed by atoms with Gasteiger partial charge in [0.15, 0.2) is 11.7 Å². The largest absolute Gasteiger partial charge is 0.497 e. The SMILES string of the molecule is COc1ccc2sc(N(Cc3ccccn3)C(=O)COc3ccc(Cl)cc3)nc2c1. The second kappa shape index (κ2) is 9.11. The van der Waals surface area contributed by atoms with E-state index in [0.717, 1.165) is 15.9 Å². The molecule has 2 aromatic heterocycles. The minimum Gasteiger partial charge on any atom is -0.497 e. The quantitative estimate of drug-likeness (QED) is 0.407. The second-order valence-corrected chi connectivity index (χ2v) is 7.82. The lowest BCUT2D eigenvalue weighted by Crippen LogP contribution is -2.34. The van der Waals surface area contributed by atoms with Crippen LogP contribution in [-0.4, -0.2) is 29.6 Å². The molecule has 4 rings (SSSR count). The maximum atomic E-state index is 13.1. The molecule has 0 saturated carbocycles. The summed E-state index contributed by atoms with van der Waals surface area (Å²) in [5.74, 6) is 1.06. The van der Waals surface area contributed by atoms with Gasteiger partial charge in [-0.25, -0.2) is 4.98 Å². The number of fused-ring (bicyclic) bond motifs is 1. The first kappa shape index (κ1) is 20.1.